The topological polar surface area (TPSA) is 47.0 Å². The van der Waals surface area contributed by atoms with Gasteiger partial charge in [0.25, 0.3) is 0 Å². The third kappa shape index (κ3) is 3.25. The summed E-state index contributed by atoms with van der Waals surface area (Å²) in [6.45, 7) is 2.81. The van der Waals surface area contributed by atoms with Crippen LogP contribution < -0.4 is 10.1 Å². The summed E-state index contributed by atoms with van der Waals surface area (Å²) in [5.74, 6) is 1.58. The SMILES string of the molecule is CCCOc1ccc(Nc2nc(Cl)nc3sccc23)cc1. The molecule has 3 aromatic rings. The van der Waals surface area contributed by atoms with Gasteiger partial charge in [0.05, 0.1) is 12.0 Å². The number of anilines is 2. The van der Waals surface area contributed by atoms with Gasteiger partial charge in [0.1, 0.15) is 16.4 Å². The molecule has 6 heteroatoms. The van der Waals surface area contributed by atoms with Gasteiger partial charge in [-0.05, 0) is 53.7 Å². The average molecular weight is 320 g/mol. The Labute approximate surface area is 131 Å². The standard InChI is InChI=1S/C15H14ClN3OS/c1-2-8-20-11-5-3-10(4-6-11)17-13-12-7-9-21-14(12)19-15(16)18-13/h3-7,9H,2,8H2,1H3,(H,17,18,19). The van der Waals surface area contributed by atoms with E-state index in [1.807, 2.05) is 35.7 Å². The van der Waals surface area contributed by atoms with Crippen molar-refractivity contribution in [1.29, 1.82) is 0 Å². The number of fused-ring (bicyclic) bond motifs is 1. The summed E-state index contributed by atoms with van der Waals surface area (Å²) in [4.78, 5) is 9.33. The molecule has 1 N–H and O–H groups in total. The van der Waals surface area contributed by atoms with Gasteiger partial charge in [0, 0.05) is 5.69 Å². The summed E-state index contributed by atoms with van der Waals surface area (Å²) >= 11 is 7.50. The van der Waals surface area contributed by atoms with Gasteiger partial charge in [-0.3, -0.25) is 0 Å². The van der Waals surface area contributed by atoms with Crippen molar-refractivity contribution >= 4 is 44.7 Å². The second kappa shape index (κ2) is 6.28. The van der Waals surface area contributed by atoms with E-state index in [0.29, 0.717) is 5.82 Å². The zero-order valence-corrected chi connectivity index (χ0v) is 13.0. The molecule has 3 rings (SSSR count). The van der Waals surface area contributed by atoms with Crippen LogP contribution in [0.25, 0.3) is 10.2 Å². The van der Waals surface area contributed by atoms with E-state index in [2.05, 4.69) is 22.2 Å². The summed E-state index contributed by atoms with van der Waals surface area (Å²) in [6.07, 6.45) is 0.996. The van der Waals surface area contributed by atoms with E-state index in [1.165, 1.54) is 0 Å². The van der Waals surface area contributed by atoms with Gasteiger partial charge >= 0.3 is 0 Å². The molecule has 21 heavy (non-hydrogen) atoms. The second-order valence-corrected chi connectivity index (χ2v) is 5.71. The Morgan fingerprint density at radius 2 is 2.00 bits per heavy atom. The van der Waals surface area contributed by atoms with Crippen molar-refractivity contribution < 1.29 is 4.74 Å². The van der Waals surface area contributed by atoms with Crippen LogP contribution in [-0.4, -0.2) is 16.6 Å². The molecular weight excluding hydrogens is 306 g/mol. The Balaban J connectivity index is 1.83. The second-order valence-electron chi connectivity index (χ2n) is 4.48. The number of nitrogens with one attached hydrogen (secondary N) is 1. The van der Waals surface area contributed by atoms with Gasteiger partial charge in [-0.25, -0.2) is 4.98 Å². The minimum absolute atomic E-state index is 0.246. The highest BCUT2D eigenvalue weighted by molar-refractivity contribution is 7.16. The van der Waals surface area contributed by atoms with Crippen molar-refractivity contribution in [2.75, 3.05) is 11.9 Å². The van der Waals surface area contributed by atoms with Crippen LogP contribution in [0.3, 0.4) is 0 Å². The molecule has 0 amide bonds. The van der Waals surface area contributed by atoms with Crippen LogP contribution in [0.2, 0.25) is 5.28 Å². The maximum atomic E-state index is 5.95. The quantitative estimate of drug-likeness (QED) is 0.681. The molecule has 0 radical (unpaired) electrons. The van der Waals surface area contributed by atoms with Crippen LogP contribution in [0, 0.1) is 0 Å². The van der Waals surface area contributed by atoms with Crippen LogP contribution in [0.5, 0.6) is 5.75 Å². The predicted octanol–water partition coefficient (Wildman–Crippen LogP) is 4.88. The fourth-order valence-electron chi connectivity index (χ4n) is 1.92. The van der Waals surface area contributed by atoms with Crippen molar-refractivity contribution in [2.45, 2.75) is 13.3 Å². The molecule has 0 atom stereocenters. The first-order valence-corrected chi connectivity index (χ1v) is 7.92. The molecule has 2 aromatic heterocycles. The third-order valence-corrected chi connectivity index (χ3v) is 3.86. The molecule has 0 fully saturated rings. The number of nitrogens with zero attached hydrogens (tertiary/aromatic N) is 2. The van der Waals surface area contributed by atoms with E-state index in [4.69, 9.17) is 16.3 Å². The normalized spacial score (nSPS) is 10.8. The third-order valence-electron chi connectivity index (χ3n) is 2.89. The molecule has 0 spiro atoms. The minimum atomic E-state index is 0.246. The lowest BCUT2D eigenvalue weighted by Crippen LogP contribution is -1.97. The van der Waals surface area contributed by atoms with E-state index in [-0.39, 0.29) is 5.28 Å². The molecule has 0 unspecified atom stereocenters. The zero-order chi connectivity index (χ0) is 14.7. The zero-order valence-electron chi connectivity index (χ0n) is 11.5. The molecule has 108 valence electrons. The molecule has 0 aliphatic heterocycles. The highest BCUT2D eigenvalue weighted by Gasteiger charge is 2.08. The Morgan fingerprint density at radius 1 is 1.19 bits per heavy atom. The summed E-state index contributed by atoms with van der Waals surface area (Å²) in [5.41, 5.74) is 0.932. The number of thiophene rings is 1. The van der Waals surface area contributed by atoms with Crippen molar-refractivity contribution in [1.82, 2.24) is 9.97 Å². The summed E-state index contributed by atoms with van der Waals surface area (Å²) < 4.78 is 5.56. The van der Waals surface area contributed by atoms with Crippen molar-refractivity contribution in [3.63, 3.8) is 0 Å². The van der Waals surface area contributed by atoms with Crippen LogP contribution in [0.15, 0.2) is 35.7 Å². The van der Waals surface area contributed by atoms with Gasteiger partial charge in [0.15, 0.2) is 0 Å². The number of halogens is 1. The van der Waals surface area contributed by atoms with Crippen LogP contribution in [0.1, 0.15) is 13.3 Å². The van der Waals surface area contributed by atoms with Crippen LogP contribution in [-0.2, 0) is 0 Å². The Hall–Kier alpha value is -1.85. The minimum Gasteiger partial charge on any atom is -0.494 e. The lowest BCUT2D eigenvalue weighted by Gasteiger charge is -2.09. The number of hydrogen-bond acceptors (Lipinski definition) is 5. The lowest BCUT2D eigenvalue weighted by molar-refractivity contribution is 0.317. The first-order chi connectivity index (χ1) is 10.3. The fourth-order valence-corrected chi connectivity index (χ4v) is 2.90. The smallest absolute Gasteiger partial charge is 0.225 e. The molecule has 0 aliphatic rings. The molecule has 0 aliphatic carbocycles. The van der Waals surface area contributed by atoms with Crippen LogP contribution >= 0.6 is 22.9 Å². The van der Waals surface area contributed by atoms with E-state index in [0.717, 1.165) is 34.7 Å². The van der Waals surface area contributed by atoms with Gasteiger partial charge in [-0.2, -0.15) is 4.98 Å². The molecule has 0 saturated carbocycles. The average Bonchev–Trinajstić information content (AvgIpc) is 2.95. The number of aromatic nitrogens is 2. The first-order valence-electron chi connectivity index (χ1n) is 6.67. The van der Waals surface area contributed by atoms with Gasteiger partial charge in [-0.1, -0.05) is 6.92 Å². The largest absolute Gasteiger partial charge is 0.494 e. The van der Waals surface area contributed by atoms with Gasteiger partial charge in [0.2, 0.25) is 5.28 Å². The maximum Gasteiger partial charge on any atom is 0.225 e. The molecule has 1 aromatic carbocycles. The van der Waals surface area contributed by atoms with E-state index in [9.17, 15) is 0 Å². The van der Waals surface area contributed by atoms with E-state index in [1.54, 1.807) is 11.3 Å². The highest BCUT2D eigenvalue weighted by Crippen LogP contribution is 2.29. The van der Waals surface area contributed by atoms with E-state index >= 15 is 0 Å². The number of benzene rings is 1. The molecular formula is C15H14ClN3OS. The van der Waals surface area contributed by atoms with Crippen molar-refractivity contribution in [3.05, 3.63) is 41.0 Å². The Kier molecular flexibility index (Phi) is 4.22. The number of rotatable bonds is 5. The lowest BCUT2D eigenvalue weighted by atomic mass is 10.3. The van der Waals surface area contributed by atoms with Crippen LogP contribution in [0.4, 0.5) is 11.5 Å². The monoisotopic (exact) mass is 319 g/mol. The molecule has 4 nitrogen and oxygen atoms in total. The number of ether oxygens (including phenoxy) is 1. The van der Waals surface area contributed by atoms with Crippen molar-refractivity contribution in [2.24, 2.45) is 0 Å². The fraction of sp³-hybridized carbons (Fsp3) is 0.200. The maximum absolute atomic E-state index is 5.95. The summed E-state index contributed by atoms with van der Waals surface area (Å²) in [6, 6.07) is 9.77. The highest BCUT2D eigenvalue weighted by atomic mass is 35.5. The van der Waals surface area contributed by atoms with Gasteiger partial charge in [-0.15, -0.1) is 11.3 Å². The molecule has 2 heterocycles. The van der Waals surface area contributed by atoms with Crippen molar-refractivity contribution in [3.8, 4) is 5.75 Å². The molecule has 0 saturated heterocycles. The summed E-state index contributed by atoms with van der Waals surface area (Å²) in [7, 11) is 0. The van der Waals surface area contributed by atoms with E-state index < -0.39 is 0 Å². The summed E-state index contributed by atoms with van der Waals surface area (Å²) in [5, 5.41) is 6.46. The predicted molar refractivity (Wildman–Crippen MR) is 87.9 cm³/mol. The Bertz CT molecular complexity index is 742. The Morgan fingerprint density at radius 3 is 2.76 bits per heavy atom. The number of hydrogen-bond donors (Lipinski definition) is 1. The van der Waals surface area contributed by atoms with Gasteiger partial charge < -0.3 is 10.1 Å². The molecule has 0 bridgehead atoms. The first kappa shape index (κ1) is 14.1.